The number of anilines is 1. The molecule has 2 heterocycles. The zero-order valence-electron chi connectivity index (χ0n) is 12.1. The van der Waals surface area contributed by atoms with Crippen molar-refractivity contribution in [3.63, 3.8) is 0 Å². The zero-order chi connectivity index (χ0) is 13.6. The van der Waals surface area contributed by atoms with Gasteiger partial charge in [-0.3, -0.25) is 4.68 Å². The van der Waals surface area contributed by atoms with Gasteiger partial charge in [0.25, 0.3) is 0 Å². The Labute approximate surface area is 114 Å². The fraction of sp³-hybridized carbons (Fsp3) is 0.667. The van der Waals surface area contributed by atoms with Crippen molar-refractivity contribution < 1.29 is 0 Å². The summed E-state index contributed by atoms with van der Waals surface area (Å²) < 4.78 is 4.04. The van der Waals surface area contributed by atoms with Gasteiger partial charge in [0.05, 0.1) is 5.39 Å². The van der Waals surface area contributed by atoms with Crippen molar-refractivity contribution in [1.82, 2.24) is 14.3 Å². The number of rotatable bonds is 4. The molecule has 0 aliphatic heterocycles. The summed E-state index contributed by atoms with van der Waals surface area (Å²) in [5.41, 5.74) is 7.03. The van der Waals surface area contributed by atoms with Gasteiger partial charge in [-0.2, -0.15) is 5.10 Å². The van der Waals surface area contributed by atoms with E-state index in [4.69, 9.17) is 5.73 Å². The number of aromatic nitrogens is 3. The topological polar surface area (TPSA) is 48.8 Å². The van der Waals surface area contributed by atoms with E-state index < -0.39 is 0 Å². The monoisotopic (exact) mass is 260 g/mol. The molecule has 1 unspecified atom stereocenters. The summed E-state index contributed by atoms with van der Waals surface area (Å²) in [6.45, 7) is 4.64. The number of fused-ring (bicyclic) bond motifs is 1. The largest absolute Gasteiger partial charge is 0.383 e. The minimum atomic E-state index is 0.503. The van der Waals surface area contributed by atoms with Crippen molar-refractivity contribution >= 4 is 16.9 Å². The third-order valence-corrected chi connectivity index (χ3v) is 4.70. The first-order valence-corrected chi connectivity index (χ1v) is 7.35. The molecule has 1 fully saturated rings. The molecule has 3 rings (SSSR count). The third-order valence-electron chi connectivity index (χ3n) is 4.70. The number of hydrogen-bond donors (Lipinski definition) is 1. The Kier molecular flexibility index (Phi) is 3.03. The van der Waals surface area contributed by atoms with E-state index in [0.717, 1.165) is 28.7 Å². The molecule has 2 aromatic heterocycles. The van der Waals surface area contributed by atoms with Crippen LogP contribution >= 0.6 is 0 Å². The van der Waals surface area contributed by atoms with Crippen LogP contribution in [0.1, 0.15) is 45.6 Å². The molecule has 0 spiro atoms. The molecule has 19 heavy (non-hydrogen) atoms. The van der Waals surface area contributed by atoms with E-state index in [9.17, 15) is 0 Å². The average Bonchev–Trinajstić information content (AvgIpc) is 2.85. The maximum absolute atomic E-state index is 6.01. The van der Waals surface area contributed by atoms with E-state index in [0.29, 0.717) is 6.04 Å². The molecule has 2 aromatic rings. The summed E-state index contributed by atoms with van der Waals surface area (Å²) in [6.07, 6.45) is 7.54. The highest BCUT2D eigenvalue weighted by Gasteiger charge is 2.25. The smallest absolute Gasteiger partial charge is 0.164 e. The van der Waals surface area contributed by atoms with Crippen LogP contribution in [0.3, 0.4) is 0 Å². The van der Waals surface area contributed by atoms with Gasteiger partial charge in [0, 0.05) is 19.3 Å². The second kappa shape index (κ2) is 4.58. The molecule has 1 atom stereocenters. The Hall–Kier alpha value is -1.45. The van der Waals surface area contributed by atoms with E-state index in [1.807, 2.05) is 7.05 Å². The van der Waals surface area contributed by atoms with Gasteiger partial charge in [-0.1, -0.05) is 6.92 Å². The van der Waals surface area contributed by atoms with Crippen LogP contribution in [0.25, 0.3) is 11.0 Å². The lowest BCUT2D eigenvalue weighted by Gasteiger charge is -2.33. The highest BCUT2D eigenvalue weighted by Crippen LogP contribution is 2.37. The van der Waals surface area contributed by atoms with Crippen LogP contribution in [-0.4, -0.2) is 14.3 Å². The lowest BCUT2D eigenvalue weighted by atomic mass is 9.73. The number of hydrogen-bond acceptors (Lipinski definition) is 2. The van der Waals surface area contributed by atoms with Crippen LogP contribution in [-0.2, 0) is 7.05 Å². The van der Waals surface area contributed by atoms with E-state index in [1.165, 1.54) is 25.7 Å². The number of nitrogens with two attached hydrogens (primary N) is 1. The first-order chi connectivity index (χ1) is 9.06. The lowest BCUT2D eigenvalue weighted by Crippen LogP contribution is -2.21. The second-order valence-corrected chi connectivity index (χ2v) is 6.34. The van der Waals surface area contributed by atoms with Gasteiger partial charge < -0.3 is 10.3 Å². The molecule has 1 saturated carbocycles. The number of nitrogens with zero attached hydrogens (tertiary/aromatic N) is 3. The van der Waals surface area contributed by atoms with Gasteiger partial charge in [0.1, 0.15) is 5.82 Å². The molecular formula is C15H24N4. The van der Waals surface area contributed by atoms with Gasteiger partial charge in [-0.15, -0.1) is 0 Å². The normalized spacial score (nSPS) is 24.6. The first kappa shape index (κ1) is 12.6. The Morgan fingerprint density at radius 2 is 2.21 bits per heavy atom. The molecule has 104 valence electrons. The van der Waals surface area contributed by atoms with Crippen LogP contribution in [0.2, 0.25) is 0 Å². The molecule has 2 N–H and O–H groups in total. The molecule has 1 aliphatic carbocycles. The summed E-state index contributed by atoms with van der Waals surface area (Å²) in [4.78, 5) is 0. The third kappa shape index (κ3) is 2.13. The van der Waals surface area contributed by atoms with Crippen LogP contribution < -0.4 is 5.73 Å². The summed E-state index contributed by atoms with van der Waals surface area (Å²) in [5, 5.41) is 5.60. The maximum Gasteiger partial charge on any atom is 0.164 e. The van der Waals surface area contributed by atoms with E-state index in [1.54, 1.807) is 4.68 Å². The minimum absolute atomic E-state index is 0.503. The summed E-state index contributed by atoms with van der Waals surface area (Å²) in [7, 11) is 1.90. The van der Waals surface area contributed by atoms with E-state index in [-0.39, 0.29) is 0 Å². The van der Waals surface area contributed by atoms with Crippen LogP contribution in [0.15, 0.2) is 12.3 Å². The van der Waals surface area contributed by atoms with Gasteiger partial charge >= 0.3 is 0 Å². The van der Waals surface area contributed by atoms with Gasteiger partial charge in [0.15, 0.2) is 5.65 Å². The fourth-order valence-electron chi connectivity index (χ4n) is 3.39. The first-order valence-electron chi connectivity index (χ1n) is 7.35. The van der Waals surface area contributed by atoms with Gasteiger partial charge in [-0.25, -0.2) is 0 Å². The summed E-state index contributed by atoms with van der Waals surface area (Å²) in [5.74, 6) is 2.67. The zero-order valence-corrected chi connectivity index (χ0v) is 12.1. The molecular weight excluding hydrogens is 236 g/mol. The SMILES string of the molecule is CC1CC(CCC(C)n2ccc3c(N)n(C)nc32)C1. The van der Waals surface area contributed by atoms with Crippen molar-refractivity contribution in [3.05, 3.63) is 12.3 Å². The van der Waals surface area contributed by atoms with Crippen molar-refractivity contribution in [1.29, 1.82) is 0 Å². The molecule has 4 nitrogen and oxygen atoms in total. The van der Waals surface area contributed by atoms with E-state index in [2.05, 4.69) is 35.8 Å². The molecule has 0 aromatic carbocycles. The van der Waals surface area contributed by atoms with Crippen LogP contribution in [0.5, 0.6) is 0 Å². The minimum Gasteiger partial charge on any atom is -0.383 e. The van der Waals surface area contributed by atoms with Crippen molar-refractivity contribution in [3.8, 4) is 0 Å². The average molecular weight is 260 g/mol. The van der Waals surface area contributed by atoms with Gasteiger partial charge in [-0.05, 0) is 50.5 Å². The van der Waals surface area contributed by atoms with Crippen molar-refractivity contribution in [2.24, 2.45) is 18.9 Å². The molecule has 0 saturated heterocycles. The maximum atomic E-state index is 6.01. The van der Waals surface area contributed by atoms with Crippen molar-refractivity contribution in [2.45, 2.75) is 45.6 Å². The number of nitrogen functional groups attached to an aromatic ring is 1. The Balaban J connectivity index is 1.70. The Morgan fingerprint density at radius 1 is 1.47 bits per heavy atom. The standard InChI is InChI=1S/C15H24N4/c1-10-8-12(9-10)5-4-11(2)19-7-6-13-14(16)18(3)17-15(13)19/h6-7,10-12H,4-5,8-9,16H2,1-3H3. The molecule has 4 heteroatoms. The van der Waals surface area contributed by atoms with Crippen LogP contribution in [0.4, 0.5) is 5.82 Å². The predicted octanol–water partition coefficient (Wildman–Crippen LogP) is 3.34. The number of aryl methyl sites for hydroxylation is 1. The van der Waals surface area contributed by atoms with Crippen molar-refractivity contribution in [2.75, 3.05) is 5.73 Å². The second-order valence-electron chi connectivity index (χ2n) is 6.34. The highest BCUT2D eigenvalue weighted by atomic mass is 15.3. The Bertz CT molecular complexity index is 574. The summed E-state index contributed by atoms with van der Waals surface area (Å²) >= 11 is 0. The van der Waals surface area contributed by atoms with Crippen LogP contribution in [0, 0.1) is 11.8 Å². The molecule has 0 bridgehead atoms. The summed E-state index contributed by atoms with van der Waals surface area (Å²) in [6, 6.07) is 2.59. The quantitative estimate of drug-likeness (QED) is 0.916. The molecule has 0 radical (unpaired) electrons. The van der Waals surface area contributed by atoms with Gasteiger partial charge in [0.2, 0.25) is 0 Å². The van der Waals surface area contributed by atoms with E-state index >= 15 is 0 Å². The fourth-order valence-corrected chi connectivity index (χ4v) is 3.39. The lowest BCUT2D eigenvalue weighted by molar-refractivity contribution is 0.189. The predicted molar refractivity (Wildman–Crippen MR) is 78.9 cm³/mol. The molecule has 0 amide bonds. The molecule has 1 aliphatic rings. The Morgan fingerprint density at radius 3 is 2.89 bits per heavy atom. The highest BCUT2D eigenvalue weighted by molar-refractivity contribution is 5.87.